The summed E-state index contributed by atoms with van der Waals surface area (Å²) in [5, 5.41) is 2.99. The standard InChI is InChI=1S/C18H20N2O/c1-14-8-6-7-11-16(14)19-17(21)20-12-18(2,13-20)15-9-4-3-5-10-15/h3-11H,12-13H2,1-2H3,(H,19,21). The average molecular weight is 280 g/mol. The number of carbonyl (C=O) groups is 1. The van der Waals surface area contributed by atoms with Crippen molar-refractivity contribution in [2.24, 2.45) is 0 Å². The number of rotatable bonds is 2. The number of benzene rings is 2. The molecule has 0 spiro atoms. The van der Waals surface area contributed by atoms with E-state index in [0.717, 1.165) is 24.3 Å². The molecule has 2 aromatic carbocycles. The second kappa shape index (κ2) is 5.24. The van der Waals surface area contributed by atoms with Gasteiger partial charge in [-0.25, -0.2) is 4.79 Å². The van der Waals surface area contributed by atoms with Gasteiger partial charge < -0.3 is 10.2 Å². The molecule has 21 heavy (non-hydrogen) atoms. The van der Waals surface area contributed by atoms with Gasteiger partial charge in [0.25, 0.3) is 0 Å². The number of nitrogens with zero attached hydrogens (tertiary/aromatic N) is 1. The summed E-state index contributed by atoms with van der Waals surface area (Å²) < 4.78 is 0. The fourth-order valence-corrected chi connectivity index (χ4v) is 2.87. The first kappa shape index (κ1) is 13.7. The van der Waals surface area contributed by atoms with Gasteiger partial charge in [-0.2, -0.15) is 0 Å². The van der Waals surface area contributed by atoms with Crippen LogP contribution in [-0.4, -0.2) is 24.0 Å². The van der Waals surface area contributed by atoms with Crippen LogP contribution >= 0.6 is 0 Å². The molecule has 1 fully saturated rings. The number of urea groups is 1. The molecule has 2 aromatic rings. The molecule has 0 aliphatic carbocycles. The molecule has 0 bridgehead atoms. The van der Waals surface area contributed by atoms with E-state index < -0.39 is 0 Å². The predicted octanol–water partition coefficient (Wildman–Crippen LogP) is 3.80. The lowest BCUT2D eigenvalue weighted by Crippen LogP contribution is -2.60. The first-order valence-corrected chi connectivity index (χ1v) is 7.26. The number of nitrogens with one attached hydrogen (secondary N) is 1. The van der Waals surface area contributed by atoms with Gasteiger partial charge in [-0.15, -0.1) is 0 Å². The first-order chi connectivity index (χ1) is 10.1. The molecule has 2 amide bonds. The third-order valence-electron chi connectivity index (χ3n) is 4.22. The molecule has 1 heterocycles. The predicted molar refractivity (Wildman–Crippen MR) is 85.6 cm³/mol. The van der Waals surface area contributed by atoms with Crippen LogP contribution in [0.4, 0.5) is 10.5 Å². The van der Waals surface area contributed by atoms with E-state index in [-0.39, 0.29) is 11.4 Å². The van der Waals surface area contributed by atoms with Crippen molar-refractivity contribution in [1.82, 2.24) is 4.90 Å². The Kier molecular flexibility index (Phi) is 3.42. The van der Waals surface area contributed by atoms with Crippen LogP contribution in [0, 0.1) is 6.92 Å². The topological polar surface area (TPSA) is 32.3 Å². The van der Waals surface area contributed by atoms with Gasteiger partial charge in [-0.3, -0.25) is 0 Å². The highest BCUT2D eigenvalue weighted by Crippen LogP contribution is 2.34. The van der Waals surface area contributed by atoms with Crippen molar-refractivity contribution >= 4 is 11.7 Å². The maximum Gasteiger partial charge on any atom is 0.321 e. The third kappa shape index (κ3) is 2.64. The number of anilines is 1. The van der Waals surface area contributed by atoms with Gasteiger partial charge >= 0.3 is 6.03 Å². The molecule has 1 N–H and O–H groups in total. The molecule has 3 nitrogen and oxygen atoms in total. The molecule has 0 unspecified atom stereocenters. The SMILES string of the molecule is Cc1ccccc1NC(=O)N1CC(C)(c2ccccc2)C1. The molecular formula is C18H20N2O. The molecule has 0 aromatic heterocycles. The number of aryl methyl sites for hydroxylation is 1. The van der Waals surface area contributed by atoms with Crippen molar-refractivity contribution in [3.05, 3.63) is 65.7 Å². The van der Waals surface area contributed by atoms with Crippen LogP contribution in [0.15, 0.2) is 54.6 Å². The van der Waals surface area contributed by atoms with Crippen molar-refractivity contribution in [2.75, 3.05) is 18.4 Å². The minimum Gasteiger partial charge on any atom is -0.323 e. The fraction of sp³-hybridized carbons (Fsp3) is 0.278. The van der Waals surface area contributed by atoms with Gasteiger partial charge in [-0.05, 0) is 24.1 Å². The smallest absolute Gasteiger partial charge is 0.321 e. The Balaban J connectivity index is 1.64. The van der Waals surface area contributed by atoms with Crippen molar-refractivity contribution in [3.63, 3.8) is 0 Å². The van der Waals surface area contributed by atoms with Crippen LogP contribution < -0.4 is 5.32 Å². The molecule has 3 heteroatoms. The highest BCUT2D eigenvalue weighted by atomic mass is 16.2. The zero-order valence-corrected chi connectivity index (χ0v) is 12.5. The summed E-state index contributed by atoms with van der Waals surface area (Å²) in [5.74, 6) is 0. The lowest BCUT2D eigenvalue weighted by molar-refractivity contribution is 0.112. The number of hydrogen-bond donors (Lipinski definition) is 1. The maximum absolute atomic E-state index is 12.3. The van der Waals surface area contributed by atoms with Crippen molar-refractivity contribution in [1.29, 1.82) is 0 Å². The van der Waals surface area contributed by atoms with Crippen molar-refractivity contribution in [3.8, 4) is 0 Å². The normalized spacial score (nSPS) is 16.2. The Morgan fingerprint density at radius 3 is 2.33 bits per heavy atom. The second-order valence-corrected chi connectivity index (χ2v) is 6.03. The average Bonchev–Trinajstić information content (AvgIpc) is 2.47. The van der Waals surface area contributed by atoms with E-state index in [9.17, 15) is 4.79 Å². The zero-order chi connectivity index (χ0) is 14.9. The monoisotopic (exact) mass is 280 g/mol. The molecular weight excluding hydrogens is 260 g/mol. The van der Waals surface area contributed by atoms with Crippen LogP contribution in [0.25, 0.3) is 0 Å². The van der Waals surface area contributed by atoms with Gasteiger partial charge in [0, 0.05) is 24.2 Å². The molecule has 108 valence electrons. The molecule has 1 saturated heterocycles. The first-order valence-electron chi connectivity index (χ1n) is 7.26. The summed E-state index contributed by atoms with van der Waals surface area (Å²) in [6, 6.07) is 18.2. The van der Waals surface area contributed by atoms with Crippen molar-refractivity contribution in [2.45, 2.75) is 19.3 Å². The van der Waals surface area contributed by atoms with Crippen LogP contribution in [0.3, 0.4) is 0 Å². The van der Waals surface area contributed by atoms with Crippen LogP contribution in [0.5, 0.6) is 0 Å². The lowest BCUT2D eigenvalue weighted by Gasteiger charge is -2.48. The largest absolute Gasteiger partial charge is 0.323 e. The van der Waals surface area contributed by atoms with E-state index in [1.54, 1.807) is 0 Å². The van der Waals surface area contributed by atoms with Crippen LogP contribution in [0.2, 0.25) is 0 Å². The third-order valence-corrected chi connectivity index (χ3v) is 4.22. The van der Waals surface area contributed by atoms with Gasteiger partial charge in [0.1, 0.15) is 0 Å². The van der Waals surface area contributed by atoms with E-state index in [2.05, 4.69) is 36.5 Å². The van der Waals surface area contributed by atoms with Gasteiger partial charge in [-0.1, -0.05) is 55.5 Å². The number of para-hydroxylation sites is 1. The Morgan fingerprint density at radius 1 is 1.05 bits per heavy atom. The van der Waals surface area contributed by atoms with E-state index in [4.69, 9.17) is 0 Å². The molecule has 1 aliphatic heterocycles. The summed E-state index contributed by atoms with van der Waals surface area (Å²) >= 11 is 0. The summed E-state index contributed by atoms with van der Waals surface area (Å²) in [6.45, 7) is 5.73. The van der Waals surface area contributed by atoms with Gasteiger partial charge in [0.15, 0.2) is 0 Å². The summed E-state index contributed by atoms with van der Waals surface area (Å²) in [7, 11) is 0. The van der Waals surface area contributed by atoms with Crippen LogP contribution in [0.1, 0.15) is 18.1 Å². The molecule has 1 aliphatic rings. The summed E-state index contributed by atoms with van der Waals surface area (Å²) in [6.07, 6.45) is 0. The Hall–Kier alpha value is -2.29. The summed E-state index contributed by atoms with van der Waals surface area (Å²) in [4.78, 5) is 14.1. The fourth-order valence-electron chi connectivity index (χ4n) is 2.87. The summed E-state index contributed by atoms with van der Waals surface area (Å²) in [5.41, 5.74) is 3.34. The maximum atomic E-state index is 12.3. The minimum atomic E-state index is -0.0160. The molecule has 0 saturated carbocycles. The Morgan fingerprint density at radius 2 is 1.67 bits per heavy atom. The lowest BCUT2D eigenvalue weighted by atomic mass is 9.76. The number of hydrogen-bond acceptors (Lipinski definition) is 1. The van der Waals surface area contributed by atoms with Gasteiger partial charge in [0.05, 0.1) is 0 Å². The van der Waals surface area contributed by atoms with E-state index in [1.807, 2.05) is 42.2 Å². The quantitative estimate of drug-likeness (QED) is 0.891. The number of likely N-dealkylation sites (tertiary alicyclic amines) is 1. The number of amides is 2. The number of carbonyl (C=O) groups excluding carboxylic acids is 1. The second-order valence-electron chi connectivity index (χ2n) is 6.03. The molecule has 3 rings (SSSR count). The van der Waals surface area contributed by atoms with E-state index in [1.165, 1.54) is 5.56 Å². The highest BCUT2D eigenvalue weighted by Gasteiger charge is 2.42. The van der Waals surface area contributed by atoms with Gasteiger partial charge in [0.2, 0.25) is 0 Å². The Bertz CT molecular complexity index is 645. The van der Waals surface area contributed by atoms with Crippen LogP contribution in [-0.2, 0) is 5.41 Å². The minimum absolute atomic E-state index is 0.0160. The Labute approximate surface area is 125 Å². The van der Waals surface area contributed by atoms with Crippen molar-refractivity contribution < 1.29 is 4.79 Å². The highest BCUT2D eigenvalue weighted by molar-refractivity contribution is 5.91. The van der Waals surface area contributed by atoms with E-state index >= 15 is 0 Å². The van der Waals surface area contributed by atoms with E-state index in [0.29, 0.717) is 0 Å². The molecule has 0 atom stereocenters. The molecule has 0 radical (unpaired) electrons. The zero-order valence-electron chi connectivity index (χ0n) is 12.5.